The highest BCUT2D eigenvalue weighted by atomic mass is 19.4. The lowest BCUT2D eigenvalue weighted by atomic mass is 10.0. The molecule has 0 spiro atoms. The van der Waals surface area contributed by atoms with Crippen LogP contribution in [0.3, 0.4) is 0 Å². The Kier molecular flexibility index (Phi) is 52.7. The Morgan fingerprint density at radius 3 is 0.658 bits per heavy atom. The van der Waals surface area contributed by atoms with Crippen molar-refractivity contribution < 1.29 is 222 Å². The van der Waals surface area contributed by atoms with Crippen molar-refractivity contribution >= 4 is 104 Å². The van der Waals surface area contributed by atoms with Crippen LogP contribution in [0.4, 0.5) is 119 Å². The Labute approximate surface area is 807 Å². The van der Waals surface area contributed by atoms with Gasteiger partial charge >= 0.3 is 12.4 Å². The van der Waals surface area contributed by atoms with Gasteiger partial charge in [0, 0.05) is 16.7 Å². The number of rotatable bonds is 20. The number of carbonyl (C=O) groups excluding carboxylic acids is 10. The Balaban J connectivity index is 0.00000163. The van der Waals surface area contributed by atoms with Crippen LogP contribution in [0.2, 0.25) is 0 Å². The van der Waals surface area contributed by atoms with E-state index >= 15 is 0 Å². The molecule has 0 amide bonds. The molecule has 146 heavy (non-hydrogen) atoms. The molecule has 0 aromatic heterocycles. The Hall–Kier alpha value is -17.0. The maximum Gasteiger partial charge on any atom is 0.416 e. The minimum Gasteiger partial charge on any atom is -0.876 e. The second kappa shape index (κ2) is 59.7. The summed E-state index contributed by atoms with van der Waals surface area (Å²) < 4.78 is 348. The fourth-order valence-corrected chi connectivity index (χ4v) is 9.47. The normalized spacial score (nSPS) is 11.8. The van der Waals surface area contributed by atoms with Crippen molar-refractivity contribution in [1.82, 2.24) is 0 Å². The molecule has 0 atom stereocenters. The summed E-state index contributed by atoms with van der Waals surface area (Å²) in [5.74, 6) is -64.6. The number of benzene rings is 9. The fourth-order valence-electron chi connectivity index (χ4n) is 9.47. The van der Waals surface area contributed by atoms with Crippen LogP contribution in [0.5, 0.6) is 5.75 Å². The zero-order valence-electron chi connectivity index (χ0n) is 76.2. The molecule has 0 heterocycles. The summed E-state index contributed by atoms with van der Waals surface area (Å²) in [6.45, 7) is 13.9. The van der Waals surface area contributed by atoms with Crippen LogP contribution in [0, 0.1) is 129 Å². The van der Waals surface area contributed by atoms with Gasteiger partial charge in [-0.1, -0.05) is 150 Å². The van der Waals surface area contributed by atoms with Crippen LogP contribution in [0.25, 0.3) is 46.1 Å². The molecule has 0 aliphatic heterocycles. The molecule has 48 heteroatoms. The number of hydrogen-bond donors (Lipinski definition) is 0. The van der Waals surface area contributed by atoms with Gasteiger partial charge in [0.05, 0.1) is 18.2 Å². The van der Waals surface area contributed by atoms with Crippen molar-refractivity contribution in [3.63, 3.8) is 0 Å². The van der Waals surface area contributed by atoms with Gasteiger partial charge in [0.1, 0.15) is 11.6 Å². The zero-order chi connectivity index (χ0) is 113. The molecule has 0 saturated heterocycles. The van der Waals surface area contributed by atoms with Crippen molar-refractivity contribution in [3.8, 4) is 5.75 Å². The average Bonchev–Trinajstić information content (AvgIpc) is 0.769. The van der Waals surface area contributed by atoms with E-state index in [1.165, 1.54) is 72.7 Å². The Morgan fingerprint density at radius 1 is 0.240 bits per heavy atom. The third-order valence-corrected chi connectivity index (χ3v) is 15.8. The minimum atomic E-state index is -4.92. The number of hydrogen-bond acceptors (Lipinski definition) is 21. The van der Waals surface area contributed by atoms with Gasteiger partial charge in [-0.25, -0.2) is 92.2 Å². The van der Waals surface area contributed by atoms with E-state index in [0.717, 1.165) is 87.1 Å². The zero-order valence-corrected chi connectivity index (χ0v) is 76.2. The van der Waals surface area contributed by atoms with Crippen LogP contribution >= 0.6 is 0 Å². The molecule has 0 bridgehead atoms. The van der Waals surface area contributed by atoms with Crippen LogP contribution in [0.15, 0.2) is 200 Å². The third-order valence-electron chi connectivity index (χ3n) is 15.8. The largest absolute Gasteiger partial charge is 0.876 e. The SMILES string of the molecule is CC(=O)/C=C(/C)[O-].CC(=O)/C=C(\[O-])C(F)(F)F.CC(=O)/C=C(\[O-])c1c(F)c(F)c(F)c(F)c1F.CC(=O)/C=C(\[O-])c1c(F)c(F)c(F)c(F)c1F.CC(=O)/C=C(\[O-])c1ccc(C(F)(F)F)cc1.CC(=O)/C=C(\[O-])c1ccc(C)cc1.CC(=O)/C=C(\[O-])c1ccc(F)cc1.CC(=O)/C=C(\[O-])c1ccccc1.COc1ccc(/C([O-])=C/C(C)=O)cc1.O=C(/C=C(\[O-])c1c(F)c(F)c(F)c(F)c1F)c1c(F)c(F)c(F)c(F)c1F. The second-order valence-electron chi connectivity index (χ2n) is 28.0. The number of carbonyl (C=O) groups is 10. The molecule has 784 valence electrons. The number of allylic oxidation sites excluding steroid dienone is 12. The third kappa shape index (κ3) is 42.8. The van der Waals surface area contributed by atoms with Crippen LogP contribution in [0.1, 0.15) is 135 Å². The maximum atomic E-state index is 13.5. The number of methoxy groups -OCH3 is 1. The molecule has 0 aliphatic rings. The number of halogens is 27. The summed E-state index contributed by atoms with van der Waals surface area (Å²) in [4.78, 5) is 105. The minimum absolute atomic E-state index is 0.0139. The van der Waals surface area contributed by atoms with Gasteiger partial charge in [0.25, 0.3) is 0 Å². The van der Waals surface area contributed by atoms with Gasteiger partial charge in [-0.15, -0.1) is 5.76 Å². The van der Waals surface area contributed by atoms with Gasteiger partial charge < -0.3 is 55.8 Å². The Morgan fingerprint density at radius 2 is 0.445 bits per heavy atom. The highest BCUT2D eigenvalue weighted by molar-refractivity contribution is 6.08. The first-order valence-corrected chi connectivity index (χ1v) is 39.0. The van der Waals surface area contributed by atoms with E-state index in [1.807, 2.05) is 25.1 Å². The molecule has 9 aromatic carbocycles. The van der Waals surface area contributed by atoms with Crippen LogP contribution < -0.4 is 55.8 Å². The molecule has 9 aromatic rings. The van der Waals surface area contributed by atoms with E-state index in [2.05, 4.69) is 0 Å². The molecule has 0 aliphatic carbocycles. The lowest BCUT2D eigenvalue weighted by Gasteiger charge is -2.15. The second-order valence-corrected chi connectivity index (χ2v) is 28.0. The quantitative estimate of drug-likeness (QED) is 0.0171. The first-order valence-electron chi connectivity index (χ1n) is 39.0. The maximum absolute atomic E-state index is 13.5. The highest BCUT2D eigenvalue weighted by Gasteiger charge is 2.33. The van der Waals surface area contributed by atoms with Crippen LogP contribution in [-0.2, 0) is 49.3 Å². The molecule has 0 unspecified atom stereocenters. The summed E-state index contributed by atoms with van der Waals surface area (Å²) in [5, 5.41) is 110. The van der Waals surface area contributed by atoms with Crippen molar-refractivity contribution in [2.24, 2.45) is 0 Å². The van der Waals surface area contributed by atoms with E-state index in [4.69, 9.17) is 4.74 Å². The average molecular weight is 2090 g/mol. The first kappa shape index (κ1) is 129. The number of alkyl halides is 6. The van der Waals surface area contributed by atoms with Gasteiger partial charge in [-0.05, 0) is 200 Å². The smallest absolute Gasteiger partial charge is 0.416 e. The van der Waals surface area contributed by atoms with Gasteiger partial charge in [0.15, 0.2) is 151 Å². The monoisotopic (exact) mass is 2090 g/mol. The summed E-state index contributed by atoms with van der Waals surface area (Å²) in [7, 11) is 1.55. The lowest BCUT2D eigenvalue weighted by molar-refractivity contribution is -0.360. The van der Waals surface area contributed by atoms with Gasteiger partial charge in [0.2, 0.25) is 23.3 Å². The van der Waals surface area contributed by atoms with E-state index in [1.54, 1.807) is 67.8 Å². The van der Waals surface area contributed by atoms with Gasteiger partial charge in [-0.2, -0.15) is 26.3 Å². The van der Waals surface area contributed by atoms with Crippen molar-refractivity contribution in [1.29, 1.82) is 0 Å². The molecular formula is C98H67F27O21-10. The van der Waals surface area contributed by atoms with Crippen molar-refractivity contribution in [3.05, 3.63) is 383 Å². The molecule has 0 N–H and O–H groups in total. The van der Waals surface area contributed by atoms with E-state index in [-0.39, 0.29) is 75.7 Å². The predicted molar refractivity (Wildman–Crippen MR) is 446 cm³/mol. The fraction of sp³-hybridized carbons (Fsp3) is 0.143. The lowest BCUT2D eigenvalue weighted by Crippen LogP contribution is -2.23. The first-order chi connectivity index (χ1) is 67.2. The Bertz CT molecular complexity index is 6310. The summed E-state index contributed by atoms with van der Waals surface area (Å²) in [6, 6.07) is 31.2. The van der Waals surface area contributed by atoms with E-state index in [0.29, 0.717) is 28.0 Å². The summed E-state index contributed by atoms with van der Waals surface area (Å²) in [6.07, 6.45) is -3.32. The number of ether oxygens (including phenoxy) is 1. The molecule has 0 fully saturated rings. The standard InChI is InChI=1S/C15H2F10O2.C11H9F3O2.C11H12O3.C11H12O2.2C10H5F5O2.C10H9FO2.C10H10O2.C5H5F3O2.C5H8O2/c16-6-4(7(17)11(21)14(24)10(6)20)2(26)1-3(27)5-8(18)12(22)15(25)13(23)9(5)19;1-7(15)6-10(16)8-2-4-9(5-3-8)11(12,13)14;1-8(12)7-11(13)9-3-5-10(14-2)6-4-9;1-8-3-5-10(6-4-8)11(13)7-9(2)12;2*1-3(16)2-4(17)5-6(11)8(13)10(15)9(14)7(5)12;1-7(12)6-10(13)8-2-4-9(11)5-3-8;1-8(11)7-10(12)9-5-3-2-4-6-9;1-3(9)2-4(10)5(6,7)8;1-4(6)3-5(2)7/h1,26H;2-6,16H,1H3;3-7,13H,1-2H3;3-7,13H,1-2H3;2*2,17H,1H3;2-6,13H,1H3;2-7,12H,1H3;2,10H,1H3;3,6H,1-2H3/p-10/b2-1-;10-6-;2*11-7-;2*4-2-;10-6-;10-7-;4-2-;4-3-. The summed E-state index contributed by atoms with van der Waals surface area (Å²) >= 11 is 0. The summed E-state index contributed by atoms with van der Waals surface area (Å²) in [5.41, 5.74) is -5.37. The molecule has 21 nitrogen and oxygen atoms in total. The topological polar surface area (TPSA) is 411 Å². The van der Waals surface area contributed by atoms with E-state index < -0.39 is 232 Å². The number of ketones is 10. The molecule has 0 radical (unpaired) electrons. The van der Waals surface area contributed by atoms with E-state index in [9.17, 15) is 218 Å². The molecule has 0 saturated carbocycles. The van der Waals surface area contributed by atoms with Gasteiger partial charge in [-0.3, -0.25) is 47.9 Å². The predicted octanol–water partition coefficient (Wildman–Crippen LogP) is 13.6. The van der Waals surface area contributed by atoms with Crippen molar-refractivity contribution in [2.45, 2.75) is 88.5 Å². The van der Waals surface area contributed by atoms with Crippen molar-refractivity contribution in [2.75, 3.05) is 7.11 Å². The molecule has 9 rings (SSSR count). The number of aryl methyl sites for hydroxylation is 1. The van der Waals surface area contributed by atoms with Crippen LogP contribution in [-0.4, -0.2) is 71.1 Å². The highest BCUT2D eigenvalue weighted by Crippen LogP contribution is 2.34. The molecular weight excluding hydrogens is 2030 g/mol.